The molecule has 0 spiro atoms. The van der Waals surface area contributed by atoms with Gasteiger partial charge in [0.25, 0.3) is 0 Å². The first-order valence-electron chi connectivity index (χ1n) is 1.31. The minimum Gasteiger partial charge on any atom is -0.398 e. The summed E-state index contributed by atoms with van der Waals surface area (Å²) in [7, 11) is 0. The lowest BCUT2D eigenvalue weighted by Crippen LogP contribution is -2.01. The molecule has 0 aromatic carbocycles. The maximum Gasteiger partial charge on any atom is 0.335 e. The molecule has 1 aliphatic rings. The lowest BCUT2D eigenvalue weighted by molar-refractivity contribution is 0.564. The molecule has 0 unspecified atom stereocenters. The third-order valence-corrected chi connectivity index (χ3v) is 0.324. The highest BCUT2D eigenvalue weighted by Crippen LogP contribution is 1.78. The molecule has 0 aliphatic carbocycles. The Balaban J connectivity index is 2.52. The van der Waals surface area contributed by atoms with Gasteiger partial charge in [0.2, 0.25) is 0 Å². The molecule has 4 heteroatoms. The molecule has 2 radical (unpaired) electrons. The first-order chi connectivity index (χ1) is 2.89. The van der Waals surface area contributed by atoms with Crippen molar-refractivity contribution in [1.82, 2.24) is 5.43 Å². The molecule has 0 amide bonds. The molecular formula is C2HN3O. The average Bonchev–Trinajstić information content (AvgIpc) is 1.86. The predicted molar refractivity (Wildman–Crippen MR) is 18.4 cm³/mol. The van der Waals surface area contributed by atoms with Gasteiger partial charge in [0.05, 0.1) is 0 Å². The highest BCUT2D eigenvalue weighted by molar-refractivity contribution is 5.81. The highest BCUT2D eigenvalue weighted by Gasteiger charge is 2.00. The lowest BCUT2D eigenvalue weighted by atomic mass is 11.2. The summed E-state index contributed by atoms with van der Waals surface area (Å²) in [5, 5.41) is 9.60. The van der Waals surface area contributed by atoms with Crippen LogP contribution in [0.25, 0.3) is 0 Å². The molecular weight excluding hydrogens is 82.0 g/mol. The van der Waals surface area contributed by atoms with Gasteiger partial charge in [0.1, 0.15) is 0 Å². The first kappa shape index (κ1) is 3.14. The maximum atomic E-state index is 6.50. The van der Waals surface area contributed by atoms with Gasteiger partial charge >= 0.3 is 12.4 Å². The molecule has 0 saturated carbocycles. The van der Waals surface area contributed by atoms with Gasteiger partial charge in [-0.3, -0.25) is 0 Å². The summed E-state index contributed by atoms with van der Waals surface area (Å²) in [6.45, 7) is 0. The summed E-state index contributed by atoms with van der Waals surface area (Å²) in [6, 6.07) is -0.199. The highest BCUT2D eigenvalue weighted by atomic mass is 16.5. The van der Waals surface area contributed by atoms with Crippen LogP contribution in [0.15, 0.2) is 5.10 Å². The number of amidine groups is 1. The summed E-state index contributed by atoms with van der Waals surface area (Å²) in [4.78, 5) is 0. The van der Waals surface area contributed by atoms with Crippen molar-refractivity contribution in [3.63, 3.8) is 0 Å². The van der Waals surface area contributed by atoms with E-state index in [1.54, 1.807) is 0 Å². The Morgan fingerprint density at radius 2 is 2.67 bits per heavy atom. The molecule has 1 aliphatic heterocycles. The molecule has 1 rings (SSSR count). The predicted octanol–water partition coefficient (Wildman–Crippen LogP) is -0.624. The zero-order valence-electron chi connectivity index (χ0n) is 2.80. The van der Waals surface area contributed by atoms with Crippen LogP contribution in [0.5, 0.6) is 0 Å². The molecule has 1 N–H and O–H groups in total. The Kier molecular flexibility index (Phi) is 0.506. The van der Waals surface area contributed by atoms with Crippen LogP contribution in [0, 0.1) is 5.41 Å². The van der Waals surface area contributed by atoms with E-state index < -0.39 is 0 Å². The zero-order chi connectivity index (χ0) is 4.41. The van der Waals surface area contributed by atoms with E-state index in [0.29, 0.717) is 0 Å². The standard InChI is InChI=1S/C2HN3O/c3-2-5-4-1-6-2/h3H. The molecule has 0 fully saturated rings. The quantitative estimate of drug-likeness (QED) is 0.416. The second kappa shape index (κ2) is 0.965. The third-order valence-electron chi connectivity index (χ3n) is 0.324. The van der Waals surface area contributed by atoms with Crippen LogP contribution in [-0.4, -0.2) is 12.4 Å². The number of hydrogen-bond acceptors (Lipinski definition) is 3. The Bertz CT molecular complexity index is 87.0. The lowest BCUT2D eigenvalue weighted by Gasteiger charge is -1.77. The molecule has 0 bridgehead atoms. The van der Waals surface area contributed by atoms with Crippen molar-refractivity contribution in [3.8, 4) is 0 Å². The van der Waals surface area contributed by atoms with E-state index in [4.69, 9.17) is 5.41 Å². The second-order valence-corrected chi connectivity index (χ2v) is 0.699. The van der Waals surface area contributed by atoms with E-state index in [1.165, 1.54) is 0 Å². The van der Waals surface area contributed by atoms with Crippen LogP contribution in [0.4, 0.5) is 0 Å². The van der Waals surface area contributed by atoms with Gasteiger partial charge in [0, 0.05) is 0 Å². The van der Waals surface area contributed by atoms with Gasteiger partial charge in [-0.05, 0) is 0 Å². The van der Waals surface area contributed by atoms with Gasteiger partial charge < -0.3 is 4.74 Å². The smallest absolute Gasteiger partial charge is 0.335 e. The zero-order valence-corrected chi connectivity index (χ0v) is 2.80. The van der Waals surface area contributed by atoms with Gasteiger partial charge in [-0.1, -0.05) is 5.43 Å². The van der Waals surface area contributed by atoms with E-state index in [1.807, 2.05) is 6.40 Å². The van der Waals surface area contributed by atoms with E-state index in [-0.39, 0.29) is 6.02 Å². The molecule has 0 saturated heterocycles. The summed E-state index contributed by atoms with van der Waals surface area (Å²) >= 11 is 0. The fourth-order valence-corrected chi connectivity index (χ4v) is 0.150. The average molecular weight is 83.0 g/mol. The van der Waals surface area contributed by atoms with Crippen molar-refractivity contribution in [2.45, 2.75) is 0 Å². The first-order valence-corrected chi connectivity index (χ1v) is 1.31. The van der Waals surface area contributed by atoms with Gasteiger partial charge in [0.15, 0.2) is 0 Å². The van der Waals surface area contributed by atoms with Crippen molar-refractivity contribution in [1.29, 1.82) is 5.41 Å². The van der Waals surface area contributed by atoms with Crippen molar-refractivity contribution < 1.29 is 4.74 Å². The maximum absolute atomic E-state index is 6.50. The Morgan fingerprint density at radius 1 is 1.83 bits per heavy atom. The topological polar surface area (TPSA) is 59.5 Å². The van der Waals surface area contributed by atoms with E-state index in [9.17, 15) is 0 Å². The molecule has 0 aromatic rings. The van der Waals surface area contributed by atoms with E-state index >= 15 is 0 Å². The number of nitrogens with one attached hydrogen (secondary N) is 1. The van der Waals surface area contributed by atoms with Crippen molar-refractivity contribution in [3.05, 3.63) is 0 Å². The number of ether oxygens (including phenoxy) is 1. The Hall–Kier alpha value is -1.06. The number of hydrogen-bond donors (Lipinski definition) is 1. The van der Waals surface area contributed by atoms with Gasteiger partial charge in [-0.15, -0.1) is 5.10 Å². The largest absolute Gasteiger partial charge is 0.398 e. The van der Waals surface area contributed by atoms with E-state index in [2.05, 4.69) is 15.3 Å². The van der Waals surface area contributed by atoms with Crippen LogP contribution in [-0.2, 0) is 4.74 Å². The monoisotopic (exact) mass is 83.0 g/mol. The van der Waals surface area contributed by atoms with Gasteiger partial charge in [-0.25, -0.2) is 5.41 Å². The molecule has 0 atom stereocenters. The summed E-state index contributed by atoms with van der Waals surface area (Å²) < 4.78 is 4.15. The van der Waals surface area contributed by atoms with Crippen LogP contribution >= 0.6 is 0 Å². The SMILES string of the molecule is N=C1[N]N=[C]O1. The number of nitrogens with zero attached hydrogens (tertiary/aromatic N) is 2. The minimum atomic E-state index is -0.199. The van der Waals surface area contributed by atoms with Crippen molar-refractivity contribution in [2.24, 2.45) is 5.10 Å². The van der Waals surface area contributed by atoms with Crippen LogP contribution < -0.4 is 5.43 Å². The summed E-state index contributed by atoms with van der Waals surface area (Å²) in [5.74, 6) is 0. The summed E-state index contributed by atoms with van der Waals surface area (Å²) in [5.41, 5.74) is 3.11. The minimum absolute atomic E-state index is 0.199. The molecule has 4 nitrogen and oxygen atoms in total. The third kappa shape index (κ3) is 0.314. The van der Waals surface area contributed by atoms with Crippen LogP contribution in [0.3, 0.4) is 0 Å². The van der Waals surface area contributed by atoms with Crippen LogP contribution in [0.1, 0.15) is 0 Å². The second-order valence-electron chi connectivity index (χ2n) is 0.699. The van der Waals surface area contributed by atoms with E-state index in [0.717, 1.165) is 0 Å². The summed E-state index contributed by atoms with van der Waals surface area (Å²) in [6.07, 6.45) is 2.01. The van der Waals surface area contributed by atoms with Crippen LogP contribution in [0.2, 0.25) is 0 Å². The molecule has 1 heterocycles. The fourth-order valence-electron chi connectivity index (χ4n) is 0.150. The normalized spacial score (nSPS) is 17.0. The Labute approximate surface area is 34.3 Å². The number of rotatable bonds is 0. The molecule has 6 heavy (non-hydrogen) atoms. The molecule has 30 valence electrons. The fraction of sp³-hybridized carbons (Fsp3) is 0. The Morgan fingerprint density at radius 3 is 2.83 bits per heavy atom. The van der Waals surface area contributed by atoms with Crippen molar-refractivity contribution in [2.75, 3.05) is 0 Å². The molecule has 0 aromatic heterocycles. The van der Waals surface area contributed by atoms with Gasteiger partial charge in [-0.2, -0.15) is 0 Å². The van der Waals surface area contributed by atoms with Crippen molar-refractivity contribution >= 4 is 12.4 Å².